The summed E-state index contributed by atoms with van der Waals surface area (Å²) >= 11 is 0.785. The van der Waals surface area contributed by atoms with Crippen molar-refractivity contribution in [3.05, 3.63) is 232 Å². The number of nitro benzene ring substituents is 2. The number of ether oxygens (including phenoxy) is 3. The predicted molar refractivity (Wildman–Crippen MR) is 297 cm³/mol. The summed E-state index contributed by atoms with van der Waals surface area (Å²) in [4.78, 5) is 82.8. The molecule has 8 rings (SSSR count). The predicted octanol–water partition coefficient (Wildman–Crippen LogP) is 9.03. The van der Waals surface area contributed by atoms with Crippen molar-refractivity contribution in [1.82, 2.24) is 4.90 Å². The van der Waals surface area contributed by atoms with Gasteiger partial charge < -0.3 is 18.6 Å². The van der Waals surface area contributed by atoms with Crippen molar-refractivity contribution in [2.45, 2.75) is 57.4 Å². The standard InChI is InChI=1S/C58H54N3O12PSSi/c1-41(73-57(65)71-39-43-32-36-45(37-33-43)61(68)69)52-53(63)59(55(52)75-51(62)40-72-76(58(2,3)4,49-26-16-8-17-27-49)50-28-18-9-19-29-50)54(56(64)70-38-42-30-34-44(35-31-42)60(66)67)74(46-20-10-5-11-21-46,47-22-12-6-13-23-47)48-24-14-7-15-25-48/h5-37,41,52,55H,38-40H2,1-4H3/t41-,52+,55-/m1/s1. The van der Waals surface area contributed by atoms with Gasteiger partial charge in [-0.3, -0.25) is 34.7 Å². The number of esters is 1. The molecule has 0 unspecified atom stereocenters. The van der Waals surface area contributed by atoms with Crippen LogP contribution in [-0.2, 0) is 46.2 Å². The third-order valence-corrected chi connectivity index (χ3v) is 23.5. The van der Waals surface area contributed by atoms with Crippen LogP contribution in [-0.4, -0.2) is 69.7 Å². The van der Waals surface area contributed by atoms with E-state index in [1.807, 2.05) is 152 Å². The molecule has 0 aromatic heterocycles. The molecule has 0 saturated carbocycles. The van der Waals surface area contributed by atoms with Gasteiger partial charge in [0, 0.05) is 31.2 Å². The van der Waals surface area contributed by atoms with E-state index >= 15 is 14.4 Å². The van der Waals surface area contributed by atoms with Crippen molar-refractivity contribution in [2.24, 2.45) is 5.92 Å². The van der Waals surface area contributed by atoms with Crippen molar-refractivity contribution >= 4 is 93.2 Å². The molecule has 0 radical (unpaired) electrons. The van der Waals surface area contributed by atoms with Gasteiger partial charge >= 0.3 is 12.1 Å². The smallest absolute Gasteiger partial charge is 0.456 e. The molecular weight excluding hydrogens is 1020 g/mol. The molecule has 1 aliphatic rings. The lowest BCUT2D eigenvalue weighted by Crippen LogP contribution is -2.68. The van der Waals surface area contributed by atoms with Gasteiger partial charge in [0.2, 0.25) is 11.0 Å². The zero-order valence-electron chi connectivity index (χ0n) is 42.0. The van der Waals surface area contributed by atoms with Crippen LogP contribution in [0.4, 0.5) is 16.2 Å². The van der Waals surface area contributed by atoms with E-state index in [2.05, 4.69) is 20.8 Å². The lowest BCUT2D eigenvalue weighted by Gasteiger charge is -2.50. The highest BCUT2D eigenvalue weighted by Crippen LogP contribution is 2.51. The zero-order valence-corrected chi connectivity index (χ0v) is 44.7. The van der Waals surface area contributed by atoms with Gasteiger partial charge in [0.05, 0.1) is 9.85 Å². The summed E-state index contributed by atoms with van der Waals surface area (Å²) in [5, 5.41) is 24.5. The average molecular weight is 1080 g/mol. The van der Waals surface area contributed by atoms with Gasteiger partial charge in [-0.2, -0.15) is 0 Å². The van der Waals surface area contributed by atoms with Crippen LogP contribution in [0.25, 0.3) is 0 Å². The molecule has 1 fully saturated rings. The molecule has 76 heavy (non-hydrogen) atoms. The van der Waals surface area contributed by atoms with Crippen LogP contribution in [0.1, 0.15) is 38.8 Å². The molecule has 1 saturated heterocycles. The van der Waals surface area contributed by atoms with E-state index in [0.29, 0.717) is 27.0 Å². The molecule has 1 heterocycles. The summed E-state index contributed by atoms with van der Waals surface area (Å²) in [5.41, 5.74) is 0.510. The highest BCUT2D eigenvalue weighted by molar-refractivity contribution is 8.14. The van der Waals surface area contributed by atoms with Crippen LogP contribution in [0.5, 0.6) is 0 Å². The Hall–Kier alpha value is -7.95. The number of nitro groups is 2. The highest BCUT2D eigenvalue weighted by Gasteiger charge is 2.58. The Balaban J connectivity index is 1.26. The van der Waals surface area contributed by atoms with Gasteiger partial charge in [0.25, 0.3) is 19.7 Å². The Morgan fingerprint density at radius 2 is 1.01 bits per heavy atom. The number of likely N-dealkylation sites (tertiary alicyclic amines) is 1. The Labute approximate surface area is 445 Å². The molecule has 1 amide bonds. The second-order valence-electron chi connectivity index (χ2n) is 18.9. The summed E-state index contributed by atoms with van der Waals surface area (Å²) in [6.07, 6.45) is -2.39. The van der Waals surface area contributed by atoms with Gasteiger partial charge in [-0.15, -0.1) is 0 Å². The zero-order chi connectivity index (χ0) is 54.0. The topological polar surface area (TPSA) is 195 Å². The fraction of sp³-hybridized carbons (Fsp3) is 0.190. The van der Waals surface area contributed by atoms with E-state index in [-0.39, 0.29) is 30.0 Å². The number of carbonyl (C=O) groups excluding carboxylic acids is 4. The lowest BCUT2D eigenvalue weighted by atomic mass is 9.92. The average Bonchev–Trinajstić information content (AvgIpc) is 3.50. The molecule has 7 aromatic carbocycles. The molecule has 0 N–H and O–H groups in total. The SMILES string of the molecule is C[C@@H](OC(=O)OCc1ccc([N+](=O)[O-])cc1)[C@H]1C(=O)N(C(C(=O)OCc2ccc([N+](=O)[O-])cc2)=P(c2ccccc2)(c2ccccc2)c2ccccc2)[C@@H]1SC(=O)CO[Si](c1ccccc1)(c1ccccc1)C(C)(C)C. The summed E-state index contributed by atoms with van der Waals surface area (Å²) in [6, 6.07) is 58.5. The number of nitrogens with zero attached hydrogens (tertiary/aromatic N) is 3. The number of β-lactam (4-membered cyclic amide) rings is 1. The van der Waals surface area contributed by atoms with Crippen molar-refractivity contribution in [2.75, 3.05) is 6.61 Å². The first-order valence-electron chi connectivity index (χ1n) is 24.2. The van der Waals surface area contributed by atoms with E-state index in [4.69, 9.17) is 18.6 Å². The van der Waals surface area contributed by atoms with Gasteiger partial charge in [0.15, 0.2) is 0 Å². The van der Waals surface area contributed by atoms with Crippen LogP contribution < -0.4 is 26.3 Å². The number of thioether (sulfide) groups is 1. The lowest BCUT2D eigenvalue weighted by molar-refractivity contribution is -0.385. The van der Waals surface area contributed by atoms with E-state index < -0.39 is 77.2 Å². The van der Waals surface area contributed by atoms with Crippen LogP contribution in [0.15, 0.2) is 200 Å². The monoisotopic (exact) mass is 1080 g/mol. The van der Waals surface area contributed by atoms with E-state index in [1.54, 1.807) is 0 Å². The van der Waals surface area contributed by atoms with Crippen molar-refractivity contribution in [3.63, 3.8) is 0 Å². The normalized spacial score (nSPS) is 14.9. The quantitative estimate of drug-likeness (QED) is 0.0186. The van der Waals surface area contributed by atoms with Crippen LogP contribution in [0.2, 0.25) is 5.04 Å². The first-order chi connectivity index (χ1) is 36.6. The van der Waals surface area contributed by atoms with Crippen LogP contribution >= 0.6 is 18.6 Å². The molecule has 388 valence electrons. The number of hydrogen-bond acceptors (Lipinski definition) is 13. The van der Waals surface area contributed by atoms with Crippen molar-refractivity contribution in [3.8, 4) is 0 Å². The Morgan fingerprint density at radius 3 is 1.41 bits per heavy atom. The van der Waals surface area contributed by atoms with Crippen LogP contribution in [0.3, 0.4) is 0 Å². The van der Waals surface area contributed by atoms with Gasteiger partial charge in [-0.25, -0.2) is 9.59 Å². The number of hydrogen-bond donors (Lipinski definition) is 0. The Morgan fingerprint density at radius 1 is 0.618 bits per heavy atom. The maximum absolute atomic E-state index is 15.7. The Kier molecular flexibility index (Phi) is 16.9. The maximum Gasteiger partial charge on any atom is 0.508 e. The molecule has 3 atom stereocenters. The van der Waals surface area contributed by atoms with Gasteiger partial charge in [0.1, 0.15) is 42.6 Å². The molecule has 18 heteroatoms. The van der Waals surface area contributed by atoms with E-state index in [1.165, 1.54) is 60.4 Å². The molecule has 1 aliphatic heterocycles. The third-order valence-electron chi connectivity index (χ3n) is 13.1. The minimum Gasteiger partial charge on any atom is -0.456 e. The molecule has 0 spiro atoms. The van der Waals surface area contributed by atoms with E-state index in [9.17, 15) is 25.0 Å². The molecular formula is C58H54N3O12PSSi. The summed E-state index contributed by atoms with van der Waals surface area (Å²) in [5.74, 6) is -2.79. The van der Waals surface area contributed by atoms with Crippen molar-refractivity contribution < 1.29 is 47.7 Å². The minimum absolute atomic E-state index is 0.0644. The van der Waals surface area contributed by atoms with Crippen molar-refractivity contribution in [1.29, 1.82) is 0 Å². The van der Waals surface area contributed by atoms with Crippen LogP contribution in [0, 0.1) is 26.1 Å². The second-order valence-corrected chi connectivity index (χ2v) is 27.6. The number of carbonyl (C=O) groups is 4. The first kappa shape index (κ1) is 54.3. The minimum atomic E-state index is -3.55. The number of rotatable bonds is 19. The molecule has 0 aliphatic carbocycles. The first-order valence-corrected chi connectivity index (χ1v) is 28.8. The van der Waals surface area contributed by atoms with Gasteiger partial charge in [-0.05, 0) is 73.6 Å². The molecule has 0 bridgehead atoms. The fourth-order valence-corrected chi connectivity index (χ4v) is 19.8. The third kappa shape index (κ3) is 11.3. The number of non-ortho nitro benzene ring substituents is 2. The summed E-state index contributed by atoms with van der Waals surface area (Å²) < 4.78 is 24.6. The Bertz CT molecular complexity index is 3120. The largest absolute Gasteiger partial charge is 0.508 e. The summed E-state index contributed by atoms with van der Waals surface area (Å²) in [7, 11) is -3.29. The maximum atomic E-state index is 15.7. The molecule has 7 aromatic rings. The summed E-state index contributed by atoms with van der Waals surface area (Å²) in [6.45, 7) is 3.16. The second kappa shape index (κ2) is 23.7. The van der Waals surface area contributed by atoms with Gasteiger partial charge in [-0.1, -0.05) is 184 Å². The molecule has 15 nitrogen and oxygen atoms in total. The number of amides is 1. The van der Waals surface area contributed by atoms with E-state index in [0.717, 1.165) is 22.1 Å². The fourth-order valence-electron chi connectivity index (χ4n) is 9.58. The number of benzene rings is 7. The highest BCUT2D eigenvalue weighted by atomic mass is 32.2.